The molecule has 0 radical (unpaired) electrons. The van der Waals surface area contributed by atoms with Crippen molar-refractivity contribution in [2.45, 2.75) is 26.3 Å². The zero-order chi connectivity index (χ0) is 10.1. The fraction of sp³-hybridized carbons (Fsp3) is 0.600. The van der Waals surface area contributed by atoms with E-state index in [1.807, 2.05) is 24.9 Å². The van der Waals surface area contributed by atoms with Gasteiger partial charge < -0.3 is 5.73 Å². The summed E-state index contributed by atoms with van der Waals surface area (Å²) in [7, 11) is 1.92. The molecule has 1 aromatic rings. The molecule has 0 atom stereocenters. The van der Waals surface area contributed by atoms with Crippen molar-refractivity contribution in [3.63, 3.8) is 0 Å². The fourth-order valence-corrected chi connectivity index (χ4v) is 1.49. The van der Waals surface area contributed by atoms with E-state index in [0.717, 1.165) is 17.1 Å². The molecule has 14 heavy (non-hydrogen) atoms. The van der Waals surface area contributed by atoms with E-state index in [2.05, 4.69) is 10.1 Å². The Bertz CT molecular complexity index is 360. The first-order chi connectivity index (χ1) is 6.66. The Labute approximate surface area is 83.8 Å². The molecular weight excluding hydrogens is 176 g/mol. The van der Waals surface area contributed by atoms with Gasteiger partial charge in [-0.1, -0.05) is 0 Å². The van der Waals surface area contributed by atoms with Crippen molar-refractivity contribution < 1.29 is 0 Å². The second-order valence-corrected chi connectivity index (χ2v) is 3.93. The lowest BCUT2D eigenvalue weighted by Gasteiger charge is -1.96. The molecule has 1 aliphatic carbocycles. The van der Waals surface area contributed by atoms with E-state index in [1.54, 1.807) is 0 Å². The van der Waals surface area contributed by atoms with Crippen LogP contribution >= 0.6 is 0 Å². The number of rotatable bonds is 3. The molecule has 1 fully saturated rings. The van der Waals surface area contributed by atoms with Gasteiger partial charge in [0.05, 0.1) is 18.1 Å². The van der Waals surface area contributed by atoms with Crippen LogP contribution in [0.25, 0.3) is 0 Å². The molecule has 1 heterocycles. The number of amidine groups is 1. The highest BCUT2D eigenvalue weighted by Crippen LogP contribution is 2.28. The van der Waals surface area contributed by atoms with Crippen molar-refractivity contribution in [1.82, 2.24) is 9.78 Å². The minimum Gasteiger partial charge on any atom is -0.387 e. The summed E-state index contributed by atoms with van der Waals surface area (Å²) in [6.45, 7) is 2.67. The normalized spacial score (nSPS) is 17.4. The van der Waals surface area contributed by atoms with Crippen molar-refractivity contribution in [3.05, 3.63) is 17.5 Å². The number of aryl methyl sites for hydroxylation is 2. The van der Waals surface area contributed by atoms with E-state index in [4.69, 9.17) is 5.73 Å². The lowest BCUT2D eigenvalue weighted by molar-refractivity contribution is 0.756. The van der Waals surface area contributed by atoms with Crippen LogP contribution < -0.4 is 5.73 Å². The number of nitrogens with zero attached hydrogens (tertiary/aromatic N) is 3. The monoisotopic (exact) mass is 192 g/mol. The molecule has 1 saturated carbocycles. The Hall–Kier alpha value is -1.32. The Balaban J connectivity index is 2.03. The Morgan fingerprint density at radius 1 is 1.71 bits per heavy atom. The Morgan fingerprint density at radius 3 is 2.93 bits per heavy atom. The predicted molar refractivity (Wildman–Crippen MR) is 56.0 cm³/mol. The molecule has 0 saturated heterocycles. The van der Waals surface area contributed by atoms with E-state index in [0.29, 0.717) is 12.5 Å². The van der Waals surface area contributed by atoms with Crippen molar-refractivity contribution in [2.75, 3.05) is 0 Å². The highest BCUT2D eigenvalue weighted by Gasteiger charge is 2.25. The first-order valence-corrected chi connectivity index (χ1v) is 4.95. The first-order valence-electron chi connectivity index (χ1n) is 4.95. The van der Waals surface area contributed by atoms with Crippen LogP contribution in [0.2, 0.25) is 0 Å². The first kappa shape index (κ1) is 9.24. The Morgan fingerprint density at radius 2 is 2.43 bits per heavy atom. The molecule has 0 bridgehead atoms. The average Bonchev–Trinajstić information content (AvgIpc) is 2.90. The van der Waals surface area contributed by atoms with Gasteiger partial charge in [-0.15, -0.1) is 0 Å². The van der Waals surface area contributed by atoms with Crippen LogP contribution in [0.5, 0.6) is 0 Å². The molecule has 2 rings (SSSR count). The summed E-state index contributed by atoms with van der Waals surface area (Å²) < 4.78 is 1.81. The van der Waals surface area contributed by atoms with Crippen LogP contribution in [-0.2, 0) is 13.6 Å². The van der Waals surface area contributed by atoms with E-state index < -0.39 is 0 Å². The van der Waals surface area contributed by atoms with Gasteiger partial charge in [0.25, 0.3) is 0 Å². The van der Waals surface area contributed by atoms with Gasteiger partial charge in [-0.2, -0.15) is 5.10 Å². The van der Waals surface area contributed by atoms with E-state index >= 15 is 0 Å². The van der Waals surface area contributed by atoms with Crippen LogP contribution in [0.15, 0.2) is 11.2 Å². The highest BCUT2D eigenvalue weighted by atomic mass is 15.2. The number of hydrogen-bond acceptors (Lipinski definition) is 2. The van der Waals surface area contributed by atoms with Gasteiger partial charge in [0, 0.05) is 24.7 Å². The number of hydrogen-bond donors (Lipinski definition) is 1. The molecule has 0 aromatic carbocycles. The number of aromatic nitrogens is 2. The van der Waals surface area contributed by atoms with Gasteiger partial charge in [-0.05, 0) is 19.8 Å². The zero-order valence-electron chi connectivity index (χ0n) is 8.70. The van der Waals surface area contributed by atoms with Gasteiger partial charge in [0.2, 0.25) is 0 Å². The smallest absolute Gasteiger partial charge is 0.0972 e. The molecule has 1 aromatic heterocycles. The minimum absolute atomic E-state index is 0.562. The lowest BCUT2D eigenvalue weighted by Crippen LogP contribution is -2.14. The van der Waals surface area contributed by atoms with Crippen molar-refractivity contribution >= 4 is 5.84 Å². The van der Waals surface area contributed by atoms with Gasteiger partial charge >= 0.3 is 0 Å². The van der Waals surface area contributed by atoms with E-state index in [9.17, 15) is 0 Å². The fourth-order valence-electron chi connectivity index (χ4n) is 1.49. The quantitative estimate of drug-likeness (QED) is 0.573. The van der Waals surface area contributed by atoms with E-state index in [1.165, 1.54) is 12.8 Å². The van der Waals surface area contributed by atoms with Crippen molar-refractivity contribution in [1.29, 1.82) is 0 Å². The second-order valence-electron chi connectivity index (χ2n) is 3.93. The zero-order valence-corrected chi connectivity index (χ0v) is 8.70. The second kappa shape index (κ2) is 3.44. The largest absolute Gasteiger partial charge is 0.387 e. The average molecular weight is 192 g/mol. The minimum atomic E-state index is 0.562. The maximum atomic E-state index is 5.81. The third-order valence-corrected chi connectivity index (χ3v) is 2.54. The summed E-state index contributed by atoms with van der Waals surface area (Å²) in [5.74, 6) is 1.38. The van der Waals surface area contributed by atoms with Gasteiger partial charge in [-0.25, -0.2) is 0 Å². The van der Waals surface area contributed by atoms with E-state index in [-0.39, 0.29) is 0 Å². The summed E-state index contributed by atoms with van der Waals surface area (Å²) in [4.78, 5) is 4.37. The van der Waals surface area contributed by atoms with Crippen molar-refractivity contribution in [2.24, 2.45) is 23.7 Å². The lowest BCUT2D eigenvalue weighted by atomic mass is 10.2. The summed E-state index contributed by atoms with van der Waals surface area (Å²) in [6.07, 6.45) is 4.42. The summed E-state index contributed by atoms with van der Waals surface area (Å²) >= 11 is 0. The molecule has 0 unspecified atom stereocenters. The van der Waals surface area contributed by atoms with Gasteiger partial charge in [-0.3, -0.25) is 9.67 Å². The maximum absolute atomic E-state index is 5.81. The topological polar surface area (TPSA) is 56.2 Å². The molecule has 4 heteroatoms. The summed E-state index contributed by atoms with van der Waals surface area (Å²) in [5.41, 5.74) is 8.01. The molecule has 1 aliphatic rings. The molecule has 0 spiro atoms. The number of aliphatic imine (C=N–C) groups is 1. The van der Waals surface area contributed by atoms with Crippen LogP contribution in [-0.4, -0.2) is 15.6 Å². The van der Waals surface area contributed by atoms with Gasteiger partial charge in [0.1, 0.15) is 0 Å². The number of nitrogens with two attached hydrogens (primary N) is 1. The standard InChI is InChI=1S/C10H16N4/c1-7-9(6-14(2)13-7)5-12-10(11)8-3-4-8/h6,8H,3-5H2,1-2H3,(H2,11,12). The molecular formula is C10H16N4. The van der Waals surface area contributed by atoms with Crippen LogP contribution in [0, 0.1) is 12.8 Å². The highest BCUT2D eigenvalue weighted by molar-refractivity contribution is 5.84. The van der Waals surface area contributed by atoms with Crippen LogP contribution in [0.4, 0.5) is 0 Å². The molecule has 2 N–H and O–H groups in total. The third kappa shape index (κ3) is 1.95. The molecule has 0 aliphatic heterocycles. The van der Waals surface area contributed by atoms with Crippen LogP contribution in [0.3, 0.4) is 0 Å². The SMILES string of the molecule is Cc1nn(C)cc1CN=C(N)C1CC1. The third-order valence-electron chi connectivity index (χ3n) is 2.54. The maximum Gasteiger partial charge on any atom is 0.0972 e. The predicted octanol–water partition coefficient (Wildman–Crippen LogP) is 0.996. The summed E-state index contributed by atoms with van der Waals surface area (Å²) in [5, 5.41) is 4.26. The Kier molecular flexibility index (Phi) is 2.27. The molecule has 0 amide bonds. The molecule has 4 nitrogen and oxygen atoms in total. The van der Waals surface area contributed by atoms with Crippen LogP contribution in [0.1, 0.15) is 24.1 Å². The van der Waals surface area contributed by atoms with Gasteiger partial charge in [0.15, 0.2) is 0 Å². The van der Waals surface area contributed by atoms with Crippen molar-refractivity contribution in [3.8, 4) is 0 Å². The summed E-state index contributed by atoms with van der Waals surface area (Å²) in [6, 6.07) is 0. The molecule has 76 valence electrons.